The van der Waals surface area contributed by atoms with Crippen molar-refractivity contribution in [1.82, 2.24) is 5.32 Å². The van der Waals surface area contributed by atoms with E-state index in [0.717, 1.165) is 12.0 Å². The van der Waals surface area contributed by atoms with E-state index < -0.39 is 0 Å². The molecule has 0 spiro atoms. The van der Waals surface area contributed by atoms with E-state index in [0.29, 0.717) is 6.61 Å². The van der Waals surface area contributed by atoms with Crippen LogP contribution in [0.4, 0.5) is 0 Å². The van der Waals surface area contributed by atoms with Gasteiger partial charge in [0.1, 0.15) is 6.04 Å². The lowest BCUT2D eigenvalue weighted by Gasteiger charge is -2.19. The molecule has 0 fully saturated rings. The van der Waals surface area contributed by atoms with E-state index in [-0.39, 0.29) is 12.0 Å². The summed E-state index contributed by atoms with van der Waals surface area (Å²) in [7, 11) is 1.79. The number of ether oxygens (including phenoxy) is 1. The van der Waals surface area contributed by atoms with E-state index in [9.17, 15) is 4.79 Å². The van der Waals surface area contributed by atoms with Gasteiger partial charge in [-0.1, -0.05) is 12.1 Å². The molecule has 0 radical (unpaired) electrons. The van der Waals surface area contributed by atoms with Gasteiger partial charge >= 0.3 is 5.97 Å². The van der Waals surface area contributed by atoms with E-state index in [1.807, 2.05) is 24.8 Å². The zero-order valence-corrected chi connectivity index (χ0v) is 11.7. The molecule has 1 unspecified atom stereocenters. The molecule has 1 aliphatic rings. The lowest BCUT2D eigenvalue weighted by Crippen LogP contribution is -2.27. The fourth-order valence-corrected chi connectivity index (χ4v) is 3.23. The van der Waals surface area contributed by atoms with Crippen LogP contribution in [0.5, 0.6) is 0 Å². The van der Waals surface area contributed by atoms with Crippen LogP contribution in [0.1, 0.15) is 30.5 Å². The van der Waals surface area contributed by atoms with Crippen molar-refractivity contribution in [3.8, 4) is 0 Å². The first-order valence-electron chi connectivity index (χ1n) is 6.35. The highest BCUT2D eigenvalue weighted by Gasteiger charge is 2.21. The number of hydrogen-bond donors (Lipinski definition) is 1. The van der Waals surface area contributed by atoms with Gasteiger partial charge in [-0.15, -0.1) is 11.8 Å². The molecule has 0 saturated heterocycles. The van der Waals surface area contributed by atoms with Crippen LogP contribution < -0.4 is 5.32 Å². The standard InChI is InChI=1S/C14H19NO2S/c1-3-17-14(16)13(15-2)11-6-7-12-10(9-11)5-4-8-18-12/h6-7,9,13,15H,3-5,8H2,1-2H3. The molecule has 0 aliphatic carbocycles. The third kappa shape index (κ3) is 2.87. The topological polar surface area (TPSA) is 38.3 Å². The normalized spacial score (nSPS) is 15.9. The molecule has 1 heterocycles. The molecule has 0 amide bonds. The van der Waals surface area contributed by atoms with Crippen molar-refractivity contribution < 1.29 is 9.53 Å². The predicted octanol–water partition coefficient (Wildman–Crippen LogP) is 2.55. The largest absolute Gasteiger partial charge is 0.465 e. The summed E-state index contributed by atoms with van der Waals surface area (Å²) in [6, 6.07) is 5.93. The maximum Gasteiger partial charge on any atom is 0.327 e. The van der Waals surface area contributed by atoms with Crippen molar-refractivity contribution in [2.45, 2.75) is 30.7 Å². The van der Waals surface area contributed by atoms with Gasteiger partial charge in [0, 0.05) is 4.90 Å². The number of esters is 1. The molecule has 1 aromatic rings. The van der Waals surface area contributed by atoms with E-state index >= 15 is 0 Å². The van der Waals surface area contributed by atoms with Crippen LogP contribution in [0.2, 0.25) is 0 Å². The molecule has 18 heavy (non-hydrogen) atoms. The third-order valence-electron chi connectivity index (χ3n) is 3.08. The minimum absolute atomic E-state index is 0.205. The highest BCUT2D eigenvalue weighted by atomic mass is 32.2. The van der Waals surface area contributed by atoms with Crippen molar-refractivity contribution in [2.75, 3.05) is 19.4 Å². The SMILES string of the molecule is CCOC(=O)C(NC)c1ccc2c(c1)CCCS2. The van der Waals surface area contributed by atoms with Crippen LogP contribution in [0, 0.1) is 0 Å². The van der Waals surface area contributed by atoms with Gasteiger partial charge in [0.05, 0.1) is 6.61 Å². The second-order valence-corrected chi connectivity index (χ2v) is 5.43. The van der Waals surface area contributed by atoms with E-state index in [4.69, 9.17) is 4.74 Å². The maximum atomic E-state index is 11.9. The molecule has 1 atom stereocenters. The maximum absolute atomic E-state index is 11.9. The van der Waals surface area contributed by atoms with Crippen molar-refractivity contribution >= 4 is 17.7 Å². The number of carbonyl (C=O) groups excluding carboxylic acids is 1. The van der Waals surface area contributed by atoms with Crippen LogP contribution in [0.25, 0.3) is 0 Å². The summed E-state index contributed by atoms with van der Waals surface area (Å²) in [4.78, 5) is 13.2. The van der Waals surface area contributed by atoms with Crippen LogP contribution >= 0.6 is 11.8 Å². The number of carbonyl (C=O) groups is 1. The van der Waals surface area contributed by atoms with Crippen LogP contribution in [0.15, 0.2) is 23.1 Å². The number of likely N-dealkylation sites (N-methyl/N-ethyl adjacent to an activating group) is 1. The molecule has 3 nitrogen and oxygen atoms in total. The highest BCUT2D eigenvalue weighted by Crippen LogP contribution is 2.31. The van der Waals surface area contributed by atoms with E-state index in [1.54, 1.807) is 7.05 Å². The van der Waals surface area contributed by atoms with Crippen molar-refractivity contribution in [3.05, 3.63) is 29.3 Å². The van der Waals surface area contributed by atoms with Gasteiger partial charge in [0.15, 0.2) is 0 Å². The average molecular weight is 265 g/mol. The quantitative estimate of drug-likeness (QED) is 0.849. The summed E-state index contributed by atoms with van der Waals surface area (Å²) in [5.41, 5.74) is 2.35. The summed E-state index contributed by atoms with van der Waals surface area (Å²) >= 11 is 1.90. The average Bonchev–Trinajstić information content (AvgIpc) is 2.40. The van der Waals surface area contributed by atoms with E-state index in [2.05, 4.69) is 17.4 Å². The van der Waals surface area contributed by atoms with Crippen molar-refractivity contribution in [1.29, 1.82) is 0 Å². The molecule has 1 aliphatic heterocycles. The minimum Gasteiger partial charge on any atom is -0.465 e. The Balaban J connectivity index is 2.23. The molecular weight excluding hydrogens is 246 g/mol. The fourth-order valence-electron chi connectivity index (χ4n) is 2.21. The monoisotopic (exact) mass is 265 g/mol. The lowest BCUT2D eigenvalue weighted by molar-refractivity contribution is -0.145. The summed E-state index contributed by atoms with van der Waals surface area (Å²) in [5, 5.41) is 3.03. The van der Waals surface area contributed by atoms with Gasteiger partial charge in [-0.05, 0) is 49.8 Å². The molecule has 0 bridgehead atoms. The molecule has 98 valence electrons. The molecule has 2 rings (SSSR count). The van der Waals surface area contributed by atoms with E-state index in [1.165, 1.54) is 22.6 Å². The molecular formula is C14H19NO2S. The number of aryl methyl sites for hydroxylation is 1. The second kappa shape index (κ2) is 6.25. The number of fused-ring (bicyclic) bond motifs is 1. The Morgan fingerprint density at radius 3 is 3.11 bits per heavy atom. The van der Waals surface area contributed by atoms with Gasteiger partial charge in [-0.3, -0.25) is 0 Å². The number of rotatable bonds is 4. The second-order valence-electron chi connectivity index (χ2n) is 4.29. The Morgan fingerprint density at radius 1 is 1.56 bits per heavy atom. The third-order valence-corrected chi connectivity index (χ3v) is 4.28. The summed E-state index contributed by atoms with van der Waals surface area (Å²) in [6.45, 7) is 2.24. The van der Waals surface area contributed by atoms with Crippen LogP contribution in [-0.4, -0.2) is 25.4 Å². The number of hydrogen-bond acceptors (Lipinski definition) is 4. The van der Waals surface area contributed by atoms with Crippen molar-refractivity contribution in [3.63, 3.8) is 0 Å². The minimum atomic E-state index is -0.359. The Morgan fingerprint density at radius 2 is 2.39 bits per heavy atom. The predicted molar refractivity (Wildman–Crippen MR) is 73.9 cm³/mol. The Labute approximate surface area is 112 Å². The fraction of sp³-hybridized carbons (Fsp3) is 0.500. The molecule has 1 N–H and O–H groups in total. The van der Waals surface area contributed by atoms with Crippen molar-refractivity contribution in [2.24, 2.45) is 0 Å². The molecule has 0 saturated carbocycles. The van der Waals surface area contributed by atoms with Crippen LogP contribution in [0.3, 0.4) is 0 Å². The Kier molecular flexibility index (Phi) is 4.66. The van der Waals surface area contributed by atoms with Gasteiger partial charge in [0.2, 0.25) is 0 Å². The van der Waals surface area contributed by atoms with Gasteiger partial charge in [0.25, 0.3) is 0 Å². The van der Waals surface area contributed by atoms with Crippen LogP contribution in [-0.2, 0) is 16.0 Å². The highest BCUT2D eigenvalue weighted by molar-refractivity contribution is 7.99. The zero-order valence-electron chi connectivity index (χ0n) is 10.9. The Hall–Kier alpha value is -1.00. The number of nitrogens with one attached hydrogen (secondary N) is 1. The summed E-state index contributed by atoms with van der Waals surface area (Å²) in [6.07, 6.45) is 2.32. The smallest absolute Gasteiger partial charge is 0.327 e. The first-order valence-corrected chi connectivity index (χ1v) is 7.34. The lowest BCUT2D eigenvalue weighted by atomic mass is 10.0. The van der Waals surface area contributed by atoms with Gasteiger partial charge in [-0.2, -0.15) is 0 Å². The number of benzene rings is 1. The van der Waals surface area contributed by atoms with Gasteiger partial charge in [-0.25, -0.2) is 4.79 Å². The molecule has 0 aromatic heterocycles. The molecule has 4 heteroatoms. The summed E-state index contributed by atoms with van der Waals surface area (Å²) in [5.74, 6) is 0.989. The zero-order chi connectivity index (χ0) is 13.0. The first-order chi connectivity index (χ1) is 8.76. The Bertz CT molecular complexity index is 434. The summed E-state index contributed by atoms with van der Waals surface area (Å²) < 4.78 is 5.09. The first kappa shape index (κ1) is 13.4. The number of thioether (sulfide) groups is 1. The van der Waals surface area contributed by atoms with Gasteiger partial charge < -0.3 is 10.1 Å². The molecule has 1 aromatic carbocycles.